The molecule has 0 aliphatic carbocycles. The lowest BCUT2D eigenvalue weighted by Gasteiger charge is -2.21. The summed E-state index contributed by atoms with van der Waals surface area (Å²) in [5.41, 5.74) is 0.705. The molecule has 2 aliphatic heterocycles. The van der Waals surface area contributed by atoms with Crippen molar-refractivity contribution < 1.29 is 9.53 Å². The summed E-state index contributed by atoms with van der Waals surface area (Å²) < 4.78 is 5.19. The Labute approximate surface area is 151 Å². The monoisotopic (exact) mass is 355 g/mol. The predicted molar refractivity (Wildman–Crippen MR) is 97.2 cm³/mol. The van der Waals surface area contributed by atoms with Gasteiger partial charge in [-0.3, -0.25) is 9.78 Å². The zero-order chi connectivity index (χ0) is 17.2. The number of hydrogen-bond acceptors (Lipinski definition) is 5. The molecule has 2 aromatic rings. The number of fused-ring (bicyclic) bond motifs is 2. The van der Waals surface area contributed by atoms with Crippen LogP contribution in [0.2, 0.25) is 0 Å². The molecule has 5 nitrogen and oxygen atoms in total. The SMILES string of the molecule is COc1cncc(Sc2ccc(C(=O)N[C@@H]3C[C@H]4CC[C@@H]3N4)cc2)c1. The number of carbonyl (C=O) groups excluding carboxylic acids is 1. The number of rotatable bonds is 5. The lowest BCUT2D eigenvalue weighted by molar-refractivity contribution is 0.0931. The van der Waals surface area contributed by atoms with Crippen molar-refractivity contribution in [3.8, 4) is 5.75 Å². The quantitative estimate of drug-likeness (QED) is 0.863. The number of methoxy groups -OCH3 is 1. The molecule has 1 aromatic carbocycles. The Hall–Kier alpha value is -2.05. The highest BCUT2D eigenvalue weighted by molar-refractivity contribution is 7.99. The number of nitrogens with one attached hydrogen (secondary N) is 2. The lowest BCUT2D eigenvalue weighted by atomic mass is 9.95. The Bertz CT molecular complexity index is 766. The maximum Gasteiger partial charge on any atom is 0.251 e. The van der Waals surface area contributed by atoms with Crippen LogP contribution in [0.15, 0.2) is 52.5 Å². The van der Waals surface area contributed by atoms with E-state index >= 15 is 0 Å². The Balaban J connectivity index is 1.38. The lowest BCUT2D eigenvalue weighted by Crippen LogP contribution is -2.42. The number of amides is 1. The van der Waals surface area contributed by atoms with Gasteiger partial charge in [0.25, 0.3) is 5.91 Å². The Morgan fingerprint density at radius 3 is 2.76 bits per heavy atom. The Kier molecular flexibility index (Phi) is 4.63. The van der Waals surface area contributed by atoms with Gasteiger partial charge in [0.05, 0.1) is 13.3 Å². The van der Waals surface area contributed by atoms with Gasteiger partial charge in [-0.1, -0.05) is 11.8 Å². The topological polar surface area (TPSA) is 63.2 Å². The van der Waals surface area contributed by atoms with E-state index in [4.69, 9.17) is 4.74 Å². The molecule has 4 rings (SSSR count). The molecule has 3 heterocycles. The van der Waals surface area contributed by atoms with Crippen LogP contribution in [0.3, 0.4) is 0 Å². The van der Waals surface area contributed by atoms with Crippen molar-refractivity contribution >= 4 is 17.7 Å². The molecule has 25 heavy (non-hydrogen) atoms. The van der Waals surface area contributed by atoms with Gasteiger partial charge in [-0.2, -0.15) is 0 Å². The van der Waals surface area contributed by atoms with Gasteiger partial charge in [0, 0.05) is 39.7 Å². The van der Waals surface area contributed by atoms with Gasteiger partial charge >= 0.3 is 0 Å². The van der Waals surface area contributed by atoms with E-state index in [-0.39, 0.29) is 11.9 Å². The Morgan fingerprint density at radius 2 is 2.08 bits per heavy atom. The maximum atomic E-state index is 12.5. The van der Waals surface area contributed by atoms with Crippen molar-refractivity contribution in [1.82, 2.24) is 15.6 Å². The molecule has 1 amide bonds. The fourth-order valence-corrected chi connectivity index (χ4v) is 4.45. The number of ether oxygens (including phenoxy) is 1. The molecule has 0 radical (unpaired) electrons. The van der Waals surface area contributed by atoms with Gasteiger partial charge in [0.1, 0.15) is 5.75 Å². The second-order valence-electron chi connectivity index (χ2n) is 6.55. The van der Waals surface area contributed by atoms with Crippen LogP contribution < -0.4 is 15.4 Å². The minimum Gasteiger partial charge on any atom is -0.495 e. The summed E-state index contributed by atoms with van der Waals surface area (Å²) in [7, 11) is 1.63. The molecule has 0 unspecified atom stereocenters. The molecule has 2 bridgehead atoms. The molecule has 2 fully saturated rings. The molecule has 6 heteroatoms. The highest BCUT2D eigenvalue weighted by atomic mass is 32.2. The molecule has 2 saturated heterocycles. The predicted octanol–water partition coefficient (Wildman–Crippen LogP) is 2.86. The van der Waals surface area contributed by atoms with E-state index in [1.807, 2.05) is 30.3 Å². The first-order valence-electron chi connectivity index (χ1n) is 8.55. The smallest absolute Gasteiger partial charge is 0.251 e. The third kappa shape index (κ3) is 3.65. The molecule has 1 aromatic heterocycles. The molecular weight excluding hydrogens is 334 g/mol. The van der Waals surface area contributed by atoms with Gasteiger partial charge in [-0.25, -0.2) is 0 Å². The van der Waals surface area contributed by atoms with Crippen molar-refractivity contribution in [2.75, 3.05) is 7.11 Å². The first-order chi connectivity index (χ1) is 12.2. The summed E-state index contributed by atoms with van der Waals surface area (Å²) >= 11 is 1.60. The number of aromatic nitrogens is 1. The van der Waals surface area contributed by atoms with Crippen molar-refractivity contribution in [2.45, 2.75) is 47.2 Å². The van der Waals surface area contributed by atoms with Crippen LogP contribution in [-0.2, 0) is 0 Å². The van der Waals surface area contributed by atoms with Crippen LogP contribution >= 0.6 is 11.8 Å². The first-order valence-corrected chi connectivity index (χ1v) is 9.37. The molecule has 0 saturated carbocycles. The number of pyridine rings is 1. The number of nitrogens with zero attached hydrogens (tertiary/aromatic N) is 1. The minimum absolute atomic E-state index is 0.0129. The van der Waals surface area contributed by atoms with Crippen LogP contribution in [0.5, 0.6) is 5.75 Å². The highest BCUT2D eigenvalue weighted by Gasteiger charge is 2.39. The van der Waals surface area contributed by atoms with Crippen LogP contribution in [0.4, 0.5) is 0 Å². The third-order valence-corrected chi connectivity index (χ3v) is 5.86. The van der Waals surface area contributed by atoms with Crippen molar-refractivity contribution in [3.63, 3.8) is 0 Å². The summed E-state index contributed by atoms with van der Waals surface area (Å²) in [6, 6.07) is 11.0. The van der Waals surface area contributed by atoms with Gasteiger partial charge < -0.3 is 15.4 Å². The zero-order valence-corrected chi connectivity index (χ0v) is 14.9. The van der Waals surface area contributed by atoms with Gasteiger partial charge in [-0.15, -0.1) is 0 Å². The first kappa shape index (κ1) is 16.4. The van der Waals surface area contributed by atoms with Crippen molar-refractivity contribution in [1.29, 1.82) is 0 Å². The average Bonchev–Trinajstić information content (AvgIpc) is 3.25. The van der Waals surface area contributed by atoms with E-state index in [1.54, 1.807) is 31.3 Å². The summed E-state index contributed by atoms with van der Waals surface area (Å²) in [4.78, 5) is 18.7. The second-order valence-corrected chi connectivity index (χ2v) is 7.70. The molecule has 130 valence electrons. The van der Waals surface area contributed by atoms with Crippen LogP contribution in [0, 0.1) is 0 Å². The number of carbonyl (C=O) groups is 1. The molecule has 2 aliphatic rings. The van der Waals surface area contributed by atoms with E-state index in [0.29, 0.717) is 17.6 Å². The van der Waals surface area contributed by atoms with Crippen molar-refractivity contribution in [2.24, 2.45) is 0 Å². The second kappa shape index (κ2) is 7.06. The molecule has 0 spiro atoms. The fourth-order valence-electron chi connectivity index (χ4n) is 3.61. The van der Waals surface area contributed by atoms with Crippen LogP contribution in [0.25, 0.3) is 0 Å². The van der Waals surface area contributed by atoms with Gasteiger partial charge in [-0.05, 0) is 49.6 Å². The minimum atomic E-state index is 0.0129. The van der Waals surface area contributed by atoms with Crippen molar-refractivity contribution in [3.05, 3.63) is 48.3 Å². The summed E-state index contributed by atoms with van der Waals surface area (Å²) in [6.07, 6.45) is 6.94. The van der Waals surface area contributed by atoms with Gasteiger partial charge in [0.15, 0.2) is 0 Å². The van der Waals surface area contributed by atoms with E-state index in [9.17, 15) is 4.79 Å². The number of hydrogen-bond donors (Lipinski definition) is 2. The normalized spacial score (nSPS) is 24.3. The fraction of sp³-hybridized carbons (Fsp3) is 0.368. The Morgan fingerprint density at radius 1 is 1.24 bits per heavy atom. The maximum absolute atomic E-state index is 12.5. The standard InChI is InChI=1S/C19H21N3O2S/c1-24-14-9-16(11-20-10-14)25-15-5-2-12(3-6-15)19(23)22-18-8-13-4-7-17(18)21-13/h2-3,5-6,9-11,13,17-18,21H,4,7-8H2,1H3,(H,22,23)/t13-,17+,18-/m1/s1. The van der Waals surface area contributed by atoms with E-state index in [1.165, 1.54) is 12.8 Å². The van der Waals surface area contributed by atoms with Crippen LogP contribution in [0.1, 0.15) is 29.6 Å². The number of benzene rings is 1. The molecule has 3 atom stereocenters. The molecule has 2 N–H and O–H groups in total. The highest BCUT2D eigenvalue weighted by Crippen LogP contribution is 2.30. The van der Waals surface area contributed by atoms with Crippen LogP contribution in [-0.4, -0.2) is 36.1 Å². The van der Waals surface area contributed by atoms with Gasteiger partial charge in [0.2, 0.25) is 0 Å². The molecular formula is C19H21N3O2S. The average molecular weight is 355 g/mol. The summed E-state index contributed by atoms with van der Waals surface area (Å²) in [5.74, 6) is 0.749. The van der Waals surface area contributed by atoms with E-state index in [0.717, 1.165) is 22.0 Å². The van der Waals surface area contributed by atoms with E-state index in [2.05, 4.69) is 15.6 Å². The van der Waals surface area contributed by atoms with E-state index < -0.39 is 0 Å². The third-order valence-electron chi connectivity index (χ3n) is 4.89. The largest absolute Gasteiger partial charge is 0.495 e. The summed E-state index contributed by atoms with van der Waals surface area (Å²) in [5, 5.41) is 6.72. The zero-order valence-electron chi connectivity index (χ0n) is 14.1. The summed E-state index contributed by atoms with van der Waals surface area (Å²) in [6.45, 7) is 0.